The number of rotatable bonds is 3. The maximum Gasteiger partial charge on any atom is 0.233 e. The molecule has 28 heavy (non-hydrogen) atoms. The molecule has 1 N–H and O–H groups in total. The Morgan fingerprint density at radius 3 is 2.61 bits per heavy atom. The van der Waals surface area contributed by atoms with Crippen LogP contribution in [0.1, 0.15) is 5.56 Å². The minimum atomic E-state index is -0.434. The van der Waals surface area contributed by atoms with E-state index >= 15 is 0 Å². The molecule has 0 aliphatic heterocycles. The maximum atomic E-state index is 14.8. The van der Waals surface area contributed by atoms with Gasteiger partial charge in [0.05, 0.1) is 29.8 Å². The highest BCUT2D eigenvalue weighted by Gasteiger charge is 2.17. The van der Waals surface area contributed by atoms with Crippen LogP contribution < -0.4 is 0 Å². The van der Waals surface area contributed by atoms with Crippen LogP contribution in [0.2, 0.25) is 0 Å². The predicted molar refractivity (Wildman–Crippen MR) is 104 cm³/mol. The van der Waals surface area contributed by atoms with Gasteiger partial charge in [-0.25, -0.2) is 9.37 Å². The molecule has 0 amide bonds. The van der Waals surface area contributed by atoms with Crippen molar-refractivity contribution in [1.29, 1.82) is 0 Å². The van der Waals surface area contributed by atoms with E-state index in [1.807, 2.05) is 25.6 Å². The van der Waals surface area contributed by atoms with Crippen molar-refractivity contribution in [3.8, 4) is 22.4 Å². The highest BCUT2D eigenvalue weighted by Crippen LogP contribution is 2.36. The van der Waals surface area contributed by atoms with Gasteiger partial charge in [-0.3, -0.25) is 14.5 Å². The van der Waals surface area contributed by atoms with E-state index in [2.05, 4.69) is 20.1 Å². The molecule has 0 unspecified atom stereocenters. The smallest absolute Gasteiger partial charge is 0.233 e. The molecule has 0 spiro atoms. The molecule has 0 fully saturated rings. The fraction of sp³-hybridized carbons (Fsp3) is 0.0476. The Morgan fingerprint density at radius 2 is 1.89 bits per heavy atom. The quantitative estimate of drug-likeness (QED) is 0.524. The third-order valence-electron chi connectivity index (χ3n) is 4.75. The van der Waals surface area contributed by atoms with Gasteiger partial charge in [0.2, 0.25) is 6.29 Å². The number of benzene rings is 1. The number of hydrogen-bond acceptors (Lipinski definition) is 4. The SMILES string of the molecule is Cn1cc(-c2cc3c(cn2)[nH]c2ncc(F)c(-c4ccc([C]=O)cc4)c23)cn1. The summed E-state index contributed by atoms with van der Waals surface area (Å²) in [5.41, 5.74) is 4.44. The van der Waals surface area contributed by atoms with Gasteiger partial charge in [0.1, 0.15) is 11.5 Å². The van der Waals surface area contributed by atoms with Crippen LogP contribution in [0, 0.1) is 5.82 Å². The number of nitrogens with zero attached hydrogens (tertiary/aromatic N) is 4. The normalized spacial score (nSPS) is 11.4. The summed E-state index contributed by atoms with van der Waals surface area (Å²) in [7, 11) is 1.84. The fourth-order valence-corrected chi connectivity index (χ4v) is 3.43. The average Bonchev–Trinajstić information content (AvgIpc) is 3.31. The monoisotopic (exact) mass is 370 g/mol. The van der Waals surface area contributed by atoms with E-state index in [0.717, 1.165) is 22.2 Å². The predicted octanol–water partition coefficient (Wildman–Crippen LogP) is 3.78. The molecule has 0 saturated heterocycles. The number of aromatic nitrogens is 5. The molecule has 4 heterocycles. The lowest BCUT2D eigenvalue weighted by molar-refractivity contribution is 0.563. The molecule has 0 bridgehead atoms. The Bertz CT molecular complexity index is 1350. The molecule has 0 saturated carbocycles. The molecule has 5 rings (SSSR count). The third-order valence-corrected chi connectivity index (χ3v) is 4.75. The van der Waals surface area contributed by atoms with Gasteiger partial charge in [-0.15, -0.1) is 0 Å². The van der Waals surface area contributed by atoms with E-state index in [9.17, 15) is 9.18 Å². The number of hydrogen-bond donors (Lipinski definition) is 1. The van der Waals surface area contributed by atoms with Crippen molar-refractivity contribution in [2.75, 3.05) is 0 Å². The summed E-state index contributed by atoms with van der Waals surface area (Å²) in [6.07, 6.45) is 8.35. The van der Waals surface area contributed by atoms with E-state index in [1.54, 1.807) is 41.3 Å². The van der Waals surface area contributed by atoms with Gasteiger partial charge in [0, 0.05) is 40.7 Å². The Balaban J connectivity index is 1.81. The number of H-pyrrole nitrogens is 1. The number of aromatic amines is 1. The standard InChI is InChI=1S/C21H13FN5O/c1-27-10-14(7-25-27)17-6-15-18(9-23-17)26-21-20(15)19(16(22)8-24-21)13-4-2-12(11-28)3-5-13/h2-10H,1H3,(H,24,26). The Morgan fingerprint density at radius 1 is 1.07 bits per heavy atom. The summed E-state index contributed by atoms with van der Waals surface area (Å²) in [6, 6.07) is 8.56. The number of nitrogens with one attached hydrogen (secondary N) is 1. The first-order chi connectivity index (χ1) is 13.6. The molecule has 4 aromatic heterocycles. The zero-order valence-electron chi connectivity index (χ0n) is 14.8. The Labute approximate surface area is 158 Å². The molecule has 0 aliphatic rings. The van der Waals surface area contributed by atoms with E-state index in [-0.39, 0.29) is 0 Å². The molecule has 5 aromatic rings. The van der Waals surface area contributed by atoms with E-state index in [1.165, 1.54) is 6.20 Å². The second-order valence-electron chi connectivity index (χ2n) is 6.53. The van der Waals surface area contributed by atoms with Gasteiger partial charge in [0.15, 0.2) is 0 Å². The van der Waals surface area contributed by atoms with Crippen molar-refractivity contribution in [2.45, 2.75) is 0 Å². The van der Waals surface area contributed by atoms with Crippen LogP contribution in [0.5, 0.6) is 0 Å². The van der Waals surface area contributed by atoms with Gasteiger partial charge in [-0.2, -0.15) is 5.10 Å². The Kier molecular flexibility index (Phi) is 3.55. The number of carbonyl (C=O) groups excluding carboxylic acids is 1. The number of pyridine rings is 2. The van der Waals surface area contributed by atoms with Crippen molar-refractivity contribution in [3.05, 3.63) is 66.5 Å². The number of aryl methyl sites for hydroxylation is 1. The van der Waals surface area contributed by atoms with Gasteiger partial charge >= 0.3 is 0 Å². The first kappa shape index (κ1) is 16.3. The van der Waals surface area contributed by atoms with Gasteiger partial charge in [-0.05, 0) is 11.6 Å². The lowest BCUT2D eigenvalue weighted by atomic mass is 9.99. The minimum Gasteiger partial charge on any atom is -0.338 e. The number of halogens is 1. The molecule has 1 radical (unpaired) electrons. The first-order valence-corrected chi connectivity index (χ1v) is 8.57. The summed E-state index contributed by atoms with van der Waals surface area (Å²) in [6.45, 7) is 0. The molecule has 0 aliphatic carbocycles. The highest BCUT2D eigenvalue weighted by atomic mass is 19.1. The molecule has 7 heteroatoms. The largest absolute Gasteiger partial charge is 0.338 e. The lowest BCUT2D eigenvalue weighted by Gasteiger charge is -2.06. The van der Waals surface area contributed by atoms with Crippen molar-refractivity contribution in [3.63, 3.8) is 0 Å². The summed E-state index contributed by atoms with van der Waals surface area (Å²) in [5.74, 6) is -0.434. The Hall–Kier alpha value is -3.87. The highest BCUT2D eigenvalue weighted by molar-refractivity contribution is 6.13. The second-order valence-corrected chi connectivity index (χ2v) is 6.53. The van der Waals surface area contributed by atoms with Crippen LogP contribution in [0.15, 0.2) is 55.1 Å². The lowest BCUT2D eigenvalue weighted by Crippen LogP contribution is -1.90. The van der Waals surface area contributed by atoms with Crippen LogP contribution in [0.3, 0.4) is 0 Å². The zero-order chi connectivity index (χ0) is 19.3. The average molecular weight is 370 g/mol. The van der Waals surface area contributed by atoms with Gasteiger partial charge in [0.25, 0.3) is 0 Å². The summed E-state index contributed by atoms with van der Waals surface area (Å²) < 4.78 is 16.5. The first-order valence-electron chi connectivity index (χ1n) is 8.57. The molecular formula is C21H13FN5O. The van der Waals surface area contributed by atoms with Crippen LogP contribution in [0.25, 0.3) is 44.3 Å². The maximum absolute atomic E-state index is 14.8. The van der Waals surface area contributed by atoms with Crippen molar-refractivity contribution >= 4 is 28.2 Å². The molecule has 1 aromatic carbocycles. The van der Waals surface area contributed by atoms with Crippen molar-refractivity contribution < 1.29 is 9.18 Å². The molecule has 0 atom stereocenters. The molecule has 135 valence electrons. The number of fused-ring (bicyclic) bond motifs is 3. The topological polar surface area (TPSA) is 76.5 Å². The van der Waals surface area contributed by atoms with E-state index < -0.39 is 5.82 Å². The summed E-state index contributed by atoms with van der Waals surface area (Å²) in [5, 5.41) is 5.67. The van der Waals surface area contributed by atoms with Crippen LogP contribution >= 0.6 is 0 Å². The van der Waals surface area contributed by atoms with Crippen molar-refractivity contribution in [1.82, 2.24) is 24.7 Å². The van der Waals surface area contributed by atoms with Crippen molar-refractivity contribution in [2.24, 2.45) is 7.05 Å². The van der Waals surface area contributed by atoms with E-state index in [4.69, 9.17) is 0 Å². The molecule has 6 nitrogen and oxygen atoms in total. The summed E-state index contributed by atoms with van der Waals surface area (Å²) >= 11 is 0. The molecular weight excluding hydrogens is 357 g/mol. The summed E-state index contributed by atoms with van der Waals surface area (Å²) in [4.78, 5) is 22.7. The minimum absolute atomic E-state index is 0.413. The second kappa shape index (κ2) is 6.09. The van der Waals surface area contributed by atoms with Crippen LogP contribution in [-0.4, -0.2) is 31.0 Å². The third kappa shape index (κ3) is 2.48. The van der Waals surface area contributed by atoms with Crippen LogP contribution in [0.4, 0.5) is 4.39 Å². The van der Waals surface area contributed by atoms with Gasteiger partial charge < -0.3 is 4.98 Å². The van der Waals surface area contributed by atoms with Crippen LogP contribution in [-0.2, 0) is 11.8 Å². The van der Waals surface area contributed by atoms with E-state index in [0.29, 0.717) is 27.7 Å². The van der Waals surface area contributed by atoms with Gasteiger partial charge in [-0.1, -0.05) is 24.3 Å². The fourth-order valence-electron chi connectivity index (χ4n) is 3.43. The zero-order valence-corrected chi connectivity index (χ0v) is 14.8.